The van der Waals surface area contributed by atoms with Crippen LogP contribution in [-0.4, -0.2) is 62.1 Å². The zero-order valence-electron chi connectivity index (χ0n) is 11.1. The molecule has 0 heterocycles. The number of carbonyl (C=O) groups is 2. The highest BCUT2D eigenvalue weighted by molar-refractivity contribution is 7.90. The molecule has 0 aliphatic heterocycles. The first-order valence-electron chi connectivity index (χ1n) is 6.13. The van der Waals surface area contributed by atoms with Gasteiger partial charge in [-0.3, -0.25) is 4.79 Å². The van der Waals surface area contributed by atoms with Crippen LogP contribution in [0.5, 0.6) is 0 Å². The highest BCUT2D eigenvalue weighted by atomic mass is 32.2. The minimum atomic E-state index is -3.12. The lowest BCUT2D eigenvalue weighted by Crippen LogP contribution is -2.47. The third kappa shape index (κ3) is 5.06. The molecule has 1 fully saturated rings. The van der Waals surface area contributed by atoms with Gasteiger partial charge in [0.15, 0.2) is 0 Å². The van der Waals surface area contributed by atoms with Crippen LogP contribution < -0.4 is 5.32 Å². The summed E-state index contributed by atoms with van der Waals surface area (Å²) < 4.78 is 22.0. The van der Waals surface area contributed by atoms with Crippen molar-refractivity contribution < 1.29 is 23.1 Å². The number of urea groups is 1. The third-order valence-corrected chi connectivity index (χ3v) is 4.21. The molecule has 2 unspecified atom stereocenters. The van der Waals surface area contributed by atoms with Gasteiger partial charge in [-0.05, 0) is 12.8 Å². The van der Waals surface area contributed by atoms with Gasteiger partial charge >= 0.3 is 12.0 Å². The van der Waals surface area contributed by atoms with Crippen molar-refractivity contribution in [3.8, 4) is 0 Å². The molecule has 7 nitrogen and oxygen atoms in total. The number of nitrogens with one attached hydrogen (secondary N) is 1. The van der Waals surface area contributed by atoms with Crippen molar-refractivity contribution in [2.45, 2.75) is 25.3 Å². The molecule has 2 atom stereocenters. The van der Waals surface area contributed by atoms with E-state index in [1.807, 2.05) is 0 Å². The van der Waals surface area contributed by atoms with E-state index in [9.17, 15) is 18.0 Å². The van der Waals surface area contributed by atoms with Crippen molar-refractivity contribution in [1.29, 1.82) is 0 Å². The van der Waals surface area contributed by atoms with E-state index in [0.717, 1.165) is 12.7 Å². The lowest BCUT2D eigenvalue weighted by molar-refractivity contribution is -0.142. The predicted molar refractivity (Wildman–Crippen MR) is 69.6 cm³/mol. The number of amides is 2. The van der Waals surface area contributed by atoms with Crippen molar-refractivity contribution >= 4 is 21.8 Å². The molecule has 19 heavy (non-hydrogen) atoms. The smallest absolute Gasteiger partial charge is 0.317 e. The minimum absolute atomic E-state index is 0.0924. The average Bonchev–Trinajstić information content (AvgIpc) is 2.72. The molecule has 0 radical (unpaired) electrons. The Bertz CT molecular complexity index is 448. The molecule has 8 heteroatoms. The Morgan fingerprint density at radius 2 is 2.00 bits per heavy atom. The average molecular weight is 292 g/mol. The van der Waals surface area contributed by atoms with Gasteiger partial charge in [-0.15, -0.1) is 0 Å². The van der Waals surface area contributed by atoms with E-state index in [1.165, 1.54) is 11.9 Å². The predicted octanol–water partition coefficient (Wildman–Crippen LogP) is -0.0743. The fraction of sp³-hybridized carbons (Fsp3) is 0.818. The van der Waals surface area contributed by atoms with Gasteiger partial charge in [0.25, 0.3) is 0 Å². The molecule has 0 aromatic carbocycles. The van der Waals surface area contributed by atoms with Crippen molar-refractivity contribution in [2.75, 3.05) is 25.6 Å². The van der Waals surface area contributed by atoms with Crippen molar-refractivity contribution in [3.05, 3.63) is 0 Å². The van der Waals surface area contributed by atoms with Crippen molar-refractivity contribution in [3.63, 3.8) is 0 Å². The summed E-state index contributed by atoms with van der Waals surface area (Å²) in [6.07, 6.45) is 3.08. The van der Waals surface area contributed by atoms with Crippen molar-refractivity contribution in [1.82, 2.24) is 10.2 Å². The Kier molecular flexibility index (Phi) is 5.16. The molecule has 0 spiro atoms. The maximum atomic E-state index is 11.8. The van der Waals surface area contributed by atoms with E-state index in [-0.39, 0.29) is 18.3 Å². The summed E-state index contributed by atoms with van der Waals surface area (Å²) in [4.78, 5) is 24.0. The Hall–Kier alpha value is -1.31. The molecule has 0 aromatic rings. The summed E-state index contributed by atoms with van der Waals surface area (Å²) in [5.74, 6) is -1.56. The molecule has 1 saturated carbocycles. The molecule has 0 saturated heterocycles. The van der Waals surface area contributed by atoms with Crippen LogP contribution in [-0.2, 0) is 14.6 Å². The van der Waals surface area contributed by atoms with Gasteiger partial charge < -0.3 is 15.3 Å². The van der Waals surface area contributed by atoms with Crippen molar-refractivity contribution in [2.24, 2.45) is 5.92 Å². The van der Waals surface area contributed by atoms with Crippen LogP contribution in [0.25, 0.3) is 0 Å². The summed E-state index contributed by atoms with van der Waals surface area (Å²) in [5.41, 5.74) is 0. The second-order valence-electron chi connectivity index (χ2n) is 4.98. The van der Waals surface area contributed by atoms with Crippen LogP contribution in [0.2, 0.25) is 0 Å². The standard InChI is InChI=1S/C11H20N2O5S/c1-13(6-7-19(2,17)18)11(16)12-9-5-3-4-8(9)10(14)15/h8-9H,3-7H2,1-2H3,(H,12,16)(H,14,15). The lowest BCUT2D eigenvalue weighted by atomic mass is 10.0. The van der Waals surface area contributed by atoms with E-state index in [1.54, 1.807) is 0 Å². The number of carboxylic acid groups (broad SMARTS) is 1. The number of hydrogen-bond donors (Lipinski definition) is 2. The number of carboxylic acids is 1. The lowest BCUT2D eigenvalue weighted by Gasteiger charge is -2.23. The van der Waals surface area contributed by atoms with Crippen LogP contribution in [0.4, 0.5) is 4.79 Å². The number of carbonyl (C=O) groups excluding carboxylic acids is 1. The Labute approximate surface area is 112 Å². The Morgan fingerprint density at radius 1 is 1.37 bits per heavy atom. The maximum Gasteiger partial charge on any atom is 0.317 e. The number of aliphatic carboxylic acids is 1. The monoisotopic (exact) mass is 292 g/mol. The van der Waals surface area contributed by atoms with E-state index >= 15 is 0 Å². The topological polar surface area (TPSA) is 104 Å². The van der Waals surface area contributed by atoms with Gasteiger partial charge in [-0.25, -0.2) is 13.2 Å². The van der Waals surface area contributed by atoms with Gasteiger partial charge in [-0.2, -0.15) is 0 Å². The first kappa shape index (κ1) is 15.7. The van der Waals surface area contributed by atoms with E-state index in [4.69, 9.17) is 5.11 Å². The Balaban J connectivity index is 2.48. The third-order valence-electron chi connectivity index (χ3n) is 3.29. The van der Waals surface area contributed by atoms with Crippen LogP contribution in [0.3, 0.4) is 0 Å². The molecule has 0 aromatic heterocycles. The zero-order chi connectivity index (χ0) is 14.6. The summed E-state index contributed by atoms with van der Waals surface area (Å²) >= 11 is 0. The number of sulfone groups is 1. The molecular formula is C11H20N2O5S. The SMILES string of the molecule is CN(CCS(C)(=O)=O)C(=O)NC1CCCC1C(=O)O. The summed E-state index contributed by atoms with van der Waals surface area (Å²) in [6.45, 7) is 0.0924. The van der Waals surface area contributed by atoms with Crippen LogP contribution in [0, 0.1) is 5.92 Å². The van der Waals surface area contributed by atoms with E-state index < -0.39 is 27.8 Å². The molecule has 0 bridgehead atoms. The highest BCUT2D eigenvalue weighted by Gasteiger charge is 2.34. The van der Waals surface area contributed by atoms with E-state index in [0.29, 0.717) is 12.8 Å². The number of nitrogens with zero attached hydrogens (tertiary/aromatic N) is 1. The molecule has 1 rings (SSSR count). The summed E-state index contributed by atoms with van der Waals surface area (Å²) in [7, 11) is -1.63. The second kappa shape index (κ2) is 6.23. The number of hydrogen-bond acceptors (Lipinski definition) is 4. The highest BCUT2D eigenvalue weighted by Crippen LogP contribution is 2.25. The quantitative estimate of drug-likeness (QED) is 0.738. The van der Waals surface area contributed by atoms with Crippen LogP contribution in [0.15, 0.2) is 0 Å². The molecule has 110 valence electrons. The van der Waals surface area contributed by atoms with Gasteiger partial charge in [0, 0.05) is 25.9 Å². The zero-order valence-corrected chi connectivity index (χ0v) is 11.9. The molecule has 2 N–H and O–H groups in total. The fourth-order valence-corrected chi connectivity index (χ4v) is 2.71. The molecule has 2 amide bonds. The van der Waals surface area contributed by atoms with E-state index in [2.05, 4.69) is 5.32 Å². The second-order valence-corrected chi connectivity index (χ2v) is 7.24. The van der Waals surface area contributed by atoms with Gasteiger partial charge in [0.2, 0.25) is 0 Å². The first-order valence-corrected chi connectivity index (χ1v) is 8.19. The molecular weight excluding hydrogens is 272 g/mol. The van der Waals surface area contributed by atoms with Gasteiger partial charge in [-0.1, -0.05) is 6.42 Å². The number of rotatable bonds is 5. The largest absolute Gasteiger partial charge is 0.481 e. The first-order chi connectivity index (χ1) is 8.70. The van der Waals surface area contributed by atoms with Crippen LogP contribution >= 0.6 is 0 Å². The Morgan fingerprint density at radius 3 is 2.53 bits per heavy atom. The maximum absolute atomic E-state index is 11.8. The normalized spacial score (nSPS) is 23.1. The minimum Gasteiger partial charge on any atom is -0.481 e. The van der Waals surface area contributed by atoms with Crippen LogP contribution in [0.1, 0.15) is 19.3 Å². The summed E-state index contributed by atoms with van der Waals surface area (Å²) in [6, 6.07) is -0.799. The van der Waals surface area contributed by atoms with Gasteiger partial charge in [0.1, 0.15) is 9.84 Å². The molecule has 1 aliphatic carbocycles. The van der Waals surface area contributed by atoms with Gasteiger partial charge in [0.05, 0.1) is 11.7 Å². The fourth-order valence-electron chi connectivity index (χ4n) is 2.10. The summed E-state index contributed by atoms with van der Waals surface area (Å²) in [5, 5.41) is 11.7. The molecule has 1 aliphatic rings.